The third-order valence-electron chi connectivity index (χ3n) is 1.62. The summed E-state index contributed by atoms with van der Waals surface area (Å²) in [5.41, 5.74) is 5.61. The molecule has 0 aliphatic heterocycles. The zero-order valence-corrected chi connectivity index (χ0v) is 11.0. The minimum absolute atomic E-state index is 0. The van der Waals surface area contributed by atoms with Crippen LogP contribution in [0.1, 0.15) is 18.9 Å². The predicted octanol–water partition coefficient (Wildman–Crippen LogP) is 3.00. The van der Waals surface area contributed by atoms with E-state index in [4.69, 9.17) is 10.3 Å². The highest BCUT2D eigenvalue weighted by Crippen LogP contribution is 2.28. The molecule has 82 valence electrons. The Morgan fingerprint density at radius 2 is 2.33 bits per heavy atom. The summed E-state index contributed by atoms with van der Waals surface area (Å²) in [5, 5.41) is 5.81. The van der Waals surface area contributed by atoms with Crippen LogP contribution in [0.15, 0.2) is 20.4 Å². The lowest BCUT2D eigenvalue weighted by Gasteiger charge is -1.92. The van der Waals surface area contributed by atoms with Crippen molar-refractivity contribution >= 4 is 39.7 Å². The second kappa shape index (κ2) is 5.07. The molecule has 0 spiro atoms. The van der Waals surface area contributed by atoms with E-state index in [1.54, 1.807) is 11.3 Å². The Balaban J connectivity index is 0.00000112. The van der Waals surface area contributed by atoms with Crippen LogP contribution in [0.25, 0.3) is 10.7 Å². The van der Waals surface area contributed by atoms with E-state index in [-0.39, 0.29) is 18.4 Å². The number of nitrogens with zero attached hydrogens (tertiary/aromatic N) is 2. The van der Waals surface area contributed by atoms with Crippen molar-refractivity contribution < 1.29 is 4.52 Å². The summed E-state index contributed by atoms with van der Waals surface area (Å²) in [4.78, 5) is 5.15. The predicted molar refractivity (Wildman–Crippen MR) is 65.2 cm³/mol. The van der Waals surface area contributed by atoms with Gasteiger partial charge in [0.1, 0.15) is 0 Å². The molecular formula is C8H9BrClN3OS. The Hall–Kier alpha value is -0.430. The van der Waals surface area contributed by atoms with Crippen LogP contribution in [0.2, 0.25) is 0 Å². The van der Waals surface area contributed by atoms with Gasteiger partial charge in [-0.15, -0.1) is 23.7 Å². The van der Waals surface area contributed by atoms with Crippen LogP contribution in [-0.4, -0.2) is 10.1 Å². The van der Waals surface area contributed by atoms with Gasteiger partial charge in [-0.05, 0) is 28.9 Å². The van der Waals surface area contributed by atoms with Gasteiger partial charge < -0.3 is 10.3 Å². The van der Waals surface area contributed by atoms with Gasteiger partial charge in [-0.25, -0.2) is 0 Å². The molecule has 0 saturated carbocycles. The van der Waals surface area contributed by atoms with Crippen molar-refractivity contribution in [3.05, 3.63) is 21.8 Å². The first-order chi connectivity index (χ1) is 6.66. The maximum absolute atomic E-state index is 5.61. The number of hydrogen-bond donors (Lipinski definition) is 1. The SMILES string of the molecule is CC(N)c1nc(-c2cc(Br)cs2)no1.Cl. The Kier molecular flexibility index (Phi) is 4.27. The molecule has 0 radical (unpaired) electrons. The molecule has 2 N–H and O–H groups in total. The number of halogens is 2. The number of rotatable bonds is 2. The molecular weight excluding hydrogens is 302 g/mol. The van der Waals surface area contributed by atoms with Gasteiger partial charge in [-0.3, -0.25) is 0 Å². The van der Waals surface area contributed by atoms with Crippen LogP contribution < -0.4 is 5.73 Å². The highest BCUT2D eigenvalue weighted by molar-refractivity contribution is 9.10. The molecule has 15 heavy (non-hydrogen) atoms. The molecule has 7 heteroatoms. The summed E-state index contributed by atoms with van der Waals surface area (Å²) in [6.07, 6.45) is 0. The summed E-state index contributed by atoms with van der Waals surface area (Å²) >= 11 is 4.92. The van der Waals surface area contributed by atoms with Crippen LogP contribution in [0, 0.1) is 0 Å². The normalized spacial score (nSPS) is 12.2. The average Bonchev–Trinajstić information content (AvgIpc) is 2.70. The largest absolute Gasteiger partial charge is 0.337 e. The molecule has 2 aromatic heterocycles. The quantitative estimate of drug-likeness (QED) is 0.926. The fraction of sp³-hybridized carbons (Fsp3) is 0.250. The van der Waals surface area contributed by atoms with Crippen LogP contribution >= 0.6 is 39.7 Å². The molecule has 2 rings (SSSR count). The molecule has 4 nitrogen and oxygen atoms in total. The molecule has 0 aromatic carbocycles. The van der Waals surface area contributed by atoms with Crippen molar-refractivity contribution in [3.8, 4) is 10.7 Å². The fourth-order valence-corrected chi connectivity index (χ4v) is 2.30. The number of nitrogens with two attached hydrogens (primary N) is 1. The molecule has 0 bridgehead atoms. The molecule has 0 aliphatic rings. The van der Waals surface area contributed by atoms with Gasteiger partial charge >= 0.3 is 0 Å². The molecule has 0 saturated heterocycles. The second-order valence-corrected chi connectivity index (χ2v) is 4.70. The summed E-state index contributed by atoms with van der Waals surface area (Å²) in [7, 11) is 0. The van der Waals surface area contributed by atoms with Crippen LogP contribution in [0.4, 0.5) is 0 Å². The van der Waals surface area contributed by atoms with E-state index in [1.807, 2.05) is 18.4 Å². The third-order valence-corrected chi connectivity index (χ3v) is 3.31. The number of aromatic nitrogens is 2. The molecule has 0 fully saturated rings. The van der Waals surface area contributed by atoms with Gasteiger partial charge in [-0.2, -0.15) is 4.98 Å². The van der Waals surface area contributed by atoms with Crippen molar-refractivity contribution in [1.82, 2.24) is 10.1 Å². The molecule has 0 amide bonds. The lowest BCUT2D eigenvalue weighted by Crippen LogP contribution is -2.04. The Bertz CT molecular complexity index is 443. The van der Waals surface area contributed by atoms with Gasteiger partial charge in [0, 0.05) is 9.85 Å². The Morgan fingerprint density at radius 1 is 1.60 bits per heavy atom. The standard InChI is InChI=1S/C8H8BrN3OS.ClH/c1-4(10)8-11-7(12-13-8)6-2-5(9)3-14-6;/h2-4H,10H2,1H3;1H. The smallest absolute Gasteiger partial charge is 0.243 e. The topological polar surface area (TPSA) is 64.9 Å². The van der Waals surface area contributed by atoms with Crippen molar-refractivity contribution in [2.24, 2.45) is 5.73 Å². The van der Waals surface area contributed by atoms with Gasteiger partial charge in [0.2, 0.25) is 11.7 Å². The monoisotopic (exact) mass is 309 g/mol. The van der Waals surface area contributed by atoms with Gasteiger partial charge in [0.25, 0.3) is 0 Å². The summed E-state index contributed by atoms with van der Waals surface area (Å²) < 4.78 is 6.01. The highest BCUT2D eigenvalue weighted by atomic mass is 79.9. The minimum atomic E-state index is -0.223. The number of thiophene rings is 1. The van der Waals surface area contributed by atoms with E-state index in [9.17, 15) is 0 Å². The van der Waals surface area contributed by atoms with Gasteiger partial charge in [0.05, 0.1) is 10.9 Å². The lowest BCUT2D eigenvalue weighted by molar-refractivity contribution is 0.362. The summed E-state index contributed by atoms with van der Waals surface area (Å²) in [6, 6.07) is 1.72. The first kappa shape index (κ1) is 12.6. The third kappa shape index (κ3) is 2.78. The van der Waals surface area contributed by atoms with Crippen molar-refractivity contribution in [2.45, 2.75) is 13.0 Å². The highest BCUT2D eigenvalue weighted by Gasteiger charge is 2.12. The maximum Gasteiger partial charge on any atom is 0.243 e. The summed E-state index contributed by atoms with van der Waals surface area (Å²) in [6.45, 7) is 1.81. The van der Waals surface area contributed by atoms with Crippen LogP contribution in [-0.2, 0) is 0 Å². The van der Waals surface area contributed by atoms with Crippen molar-refractivity contribution in [1.29, 1.82) is 0 Å². The van der Waals surface area contributed by atoms with Gasteiger partial charge in [0.15, 0.2) is 0 Å². The molecule has 2 aromatic rings. The Morgan fingerprint density at radius 3 is 2.80 bits per heavy atom. The maximum atomic E-state index is 5.61. The van der Waals surface area contributed by atoms with E-state index in [2.05, 4.69) is 26.1 Å². The first-order valence-corrected chi connectivity index (χ1v) is 5.67. The second-order valence-electron chi connectivity index (χ2n) is 2.87. The van der Waals surface area contributed by atoms with Crippen LogP contribution in [0.5, 0.6) is 0 Å². The minimum Gasteiger partial charge on any atom is -0.337 e. The van der Waals surface area contributed by atoms with Gasteiger partial charge in [-0.1, -0.05) is 5.16 Å². The molecule has 0 aliphatic carbocycles. The van der Waals surface area contributed by atoms with E-state index in [0.29, 0.717) is 11.7 Å². The Labute approximate surface area is 105 Å². The molecule has 1 atom stereocenters. The fourth-order valence-electron chi connectivity index (χ4n) is 0.951. The zero-order valence-electron chi connectivity index (χ0n) is 7.81. The zero-order chi connectivity index (χ0) is 10.1. The van der Waals surface area contributed by atoms with Crippen LogP contribution in [0.3, 0.4) is 0 Å². The molecule has 2 heterocycles. The molecule has 1 unspecified atom stereocenters. The number of hydrogen-bond acceptors (Lipinski definition) is 5. The van der Waals surface area contributed by atoms with Crippen molar-refractivity contribution in [2.75, 3.05) is 0 Å². The summed E-state index contributed by atoms with van der Waals surface area (Å²) in [5.74, 6) is 1.05. The average molecular weight is 311 g/mol. The van der Waals surface area contributed by atoms with E-state index in [1.165, 1.54) is 0 Å². The van der Waals surface area contributed by atoms with E-state index >= 15 is 0 Å². The van der Waals surface area contributed by atoms with Crippen molar-refractivity contribution in [3.63, 3.8) is 0 Å². The lowest BCUT2D eigenvalue weighted by atomic mass is 10.4. The van der Waals surface area contributed by atoms with E-state index in [0.717, 1.165) is 9.35 Å². The van der Waals surface area contributed by atoms with E-state index < -0.39 is 0 Å². The first-order valence-electron chi connectivity index (χ1n) is 4.00.